The molecule has 0 amide bonds. The van der Waals surface area contributed by atoms with Gasteiger partial charge in [0.15, 0.2) is 0 Å². The number of aliphatic hydroxyl groups excluding tert-OH is 5. The molecule has 0 heterocycles. The van der Waals surface area contributed by atoms with Gasteiger partial charge in [-0.15, -0.1) is 0 Å². The lowest BCUT2D eigenvalue weighted by Gasteiger charge is -2.41. The number of phosphoric ester groups is 1. The average molecular weight is 316 g/mol. The molecule has 0 aromatic rings. The molecule has 3 unspecified atom stereocenters. The normalized spacial score (nSPS) is 39.0. The maximum Gasteiger partial charge on any atom is 0.475 e. The highest BCUT2D eigenvalue weighted by molar-refractivity contribution is 7.48. The van der Waals surface area contributed by atoms with Crippen molar-refractivity contribution >= 4 is 7.82 Å². The first kappa shape index (κ1) is 18.0. The van der Waals surface area contributed by atoms with Crippen molar-refractivity contribution in [1.82, 2.24) is 0 Å². The van der Waals surface area contributed by atoms with Crippen molar-refractivity contribution in [3.63, 3.8) is 0 Å². The van der Waals surface area contributed by atoms with Gasteiger partial charge in [0.1, 0.15) is 36.6 Å². The van der Waals surface area contributed by atoms with Crippen molar-refractivity contribution in [1.29, 1.82) is 0 Å². The third-order valence-corrected chi connectivity index (χ3v) is 4.55. The fraction of sp³-hybridized carbons (Fsp3) is 1.00. The summed E-state index contributed by atoms with van der Waals surface area (Å²) in [6, 6.07) is 0. The highest BCUT2D eigenvalue weighted by Crippen LogP contribution is 2.51. The molecule has 10 heteroatoms. The maximum absolute atomic E-state index is 12.2. The summed E-state index contributed by atoms with van der Waals surface area (Å²) in [5.41, 5.74) is 0. The zero-order valence-corrected chi connectivity index (χ0v) is 12.1. The summed E-state index contributed by atoms with van der Waals surface area (Å²) in [5, 5.41) is 48.0. The van der Waals surface area contributed by atoms with E-state index in [0.29, 0.717) is 0 Å². The van der Waals surface area contributed by atoms with Crippen LogP contribution >= 0.6 is 7.82 Å². The van der Waals surface area contributed by atoms with Gasteiger partial charge in [-0.25, -0.2) is 4.57 Å². The van der Waals surface area contributed by atoms with E-state index in [9.17, 15) is 30.1 Å². The Morgan fingerprint density at radius 1 is 0.800 bits per heavy atom. The average Bonchev–Trinajstić information content (AvgIpc) is 2.40. The minimum Gasteiger partial charge on any atom is -0.387 e. The smallest absolute Gasteiger partial charge is 0.387 e. The SMILES string of the molecule is CCOP(=O)(OCC)O[C@@H]1C(O)[C@H](O)C(O)C(O)[C@@H]1O. The van der Waals surface area contributed by atoms with E-state index in [1.807, 2.05) is 0 Å². The molecule has 20 heavy (non-hydrogen) atoms. The van der Waals surface area contributed by atoms with Crippen LogP contribution in [0.3, 0.4) is 0 Å². The number of aliphatic hydroxyl groups is 5. The largest absolute Gasteiger partial charge is 0.475 e. The molecule has 0 saturated heterocycles. The molecule has 6 atom stereocenters. The second kappa shape index (κ2) is 7.26. The molecular weight excluding hydrogens is 295 g/mol. The predicted molar refractivity (Wildman–Crippen MR) is 65.8 cm³/mol. The second-order valence-electron chi connectivity index (χ2n) is 4.31. The molecule has 0 aliphatic heterocycles. The van der Waals surface area contributed by atoms with E-state index in [-0.39, 0.29) is 13.2 Å². The van der Waals surface area contributed by atoms with Crippen molar-refractivity contribution in [3.05, 3.63) is 0 Å². The maximum atomic E-state index is 12.2. The summed E-state index contributed by atoms with van der Waals surface area (Å²) in [4.78, 5) is 0. The van der Waals surface area contributed by atoms with Gasteiger partial charge in [0.2, 0.25) is 0 Å². The third-order valence-electron chi connectivity index (χ3n) is 2.90. The molecule has 0 spiro atoms. The second-order valence-corrected chi connectivity index (χ2v) is 5.93. The minimum absolute atomic E-state index is 0.01000. The molecule has 1 aliphatic rings. The Hall–Kier alpha value is -0.0900. The van der Waals surface area contributed by atoms with E-state index in [1.165, 1.54) is 13.8 Å². The van der Waals surface area contributed by atoms with Gasteiger partial charge in [0, 0.05) is 0 Å². The lowest BCUT2D eigenvalue weighted by Crippen LogP contribution is -2.64. The Bertz CT molecular complexity index is 326. The zero-order chi connectivity index (χ0) is 15.5. The highest BCUT2D eigenvalue weighted by Gasteiger charge is 2.51. The van der Waals surface area contributed by atoms with Crippen LogP contribution in [0, 0.1) is 0 Å². The summed E-state index contributed by atoms with van der Waals surface area (Å²) in [7, 11) is -4.06. The summed E-state index contributed by atoms with van der Waals surface area (Å²) < 4.78 is 26.8. The number of rotatable bonds is 6. The van der Waals surface area contributed by atoms with E-state index < -0.39 is 44.4 Å². The summed E-state index contributed by atoms with van der Waals surface area (Å²) in [6.07, 6.45) is -10.5. The highest BCUT2D eigenvalue weighted by atomic mass is 31.2. The van der Waals surface area contributed by atoms with Crippen LogP contribution in [0.15, 0.2) is 0 Å². The van der Waals surface area contributed by atoms with Crippen LogP contribution in [0.25, 0.3) is 0 Å². The first-order valence-corrected chi connectivity index (χ1v) is 7.71. The van der Waals surface area contributed by atoms with Gasteiger partial charge in [-0.3, -0.25) is 13.6 Å². The standard InChI is InChI=1S/C10H21O9P/c1-3-17-20(16,18-4-2)19-10-8(14)6(12)5(11)7(13)9(10)15/h5-15H,3-4H2,1-2H3/t5?,6-,7?,8?,9+,10-/m1/s1. The molecule has 0 aromatic carbocycles. The van der Waals surface area contributed by atoms with Crippen LogP contribution in [-0.4, -0.2) is 75.4 Å². The molecule has 5 N–H and O–H groups in total. The quantitative estimate of drug-likeness (QED) is 0.364. The van der Waals surface area contributed by atoms with Crippen molar-refractivity contribution < 1.29 is 43.7 Å². The van der Waals surface area contributed by atoms with Crippen LogP contribution in [0.1, 0.15) is 13.8 Å². The monoisotopic (exact) mass is 316 g/mol. The van der Waals surface area contributed by atoms with Crippen LogP contribution in [0.4, 0.5) is 0 Å². The number of hydrogen-bond donors (Lipinski definition) is 5. The summed E-state index contributed by atoms with van der Waals surface area (Å²) in [6.45, 7) is 3.06. The molecule has 1 aliphatic carbocycles. The molecule has 9 nitrogen and oxygen atoms in total. The fourth-order valence-electron chi connectivity index (χ4n) is 1.88. The van der Waals surface area contributed by atoms with Crippen molar-refractivity contribution in [2.75, 3.05) is 13.2 Å². The van der Waals surface area contributed by atoms with Gasteiger partial charge < -0.3 is 25.5 Å². The molecular formula is C10H21O9P. The minimum atomic E-state index is -4.06. The topological polar surface area (TPSA) is 146 Å². The van der Waals surface area contributed by atoms with Gasteiger partial charge in [-0.2, -0.15) is 0 Å². The van der Waals surface area contributed by atoms with Crippen LogP contribution in [0.2, 0.25) is 0 Å². The number of hydrogen-bond acceptors (Lipinski definition) is 9. The molecule has 120 valence electrons. The lowest BCUT2D eigenvalue weighted by atomic mass is 9.85. The fourth-order valence-corrected chi connectivity index (χ4v) is 3.26. The van der Waals surface area contributed by atoms with Crippen LogP contribution in [0.5, 0.6) is 0 Å². The van der Waals surface area contributed by atoms with Crippen molar-refractivity contribution in [2.24, 2.45) is 0 Å². The molecule has 0 radical (unpaired) electrons. The molecule has 1 rings (SSSR count). The lowest BCUT2D eigenvalue weighted by molar-refractivity contribution is -0.220. The van der Waals surface area contributed by atoms with E-state index in [0.717, 1.165) is 0 Å². The molecule has 1 fully saturated rings. The Morgan fingerprint density at radius 2 is 1.15 bits per heavy atom. The Balaban J connectivity index is 2.90. The first-order chi connectivity index (χ1) is 9.27. The first-order valence-electron chi connectivity index (χ1n) is 6.25. The van der Waals surface area contributed by atoms with Crippen LogP contribution in [-0.2, 0) is 18.1 Å². The number of phosphoric acid groups is 1. The van der Waals surface area contributed by atoms with Crippen molar-refractivity contribution in [3.8, 4) is 0 Å². The van der Waals surface area contributed by atoms with E-state index in [2.05, 4.69) is 0 Å². The Morgan fingerprint density at radius 3 is 1.50 bits per heavy atom. The van der Waals surface area contributed by atoms with Gasteiger partial charge >= 0.3 is 7.82 Å². The Kier molecular flexibility index (Phi) is 6.52. The predicted octanol–water partition coefficient (Wildman–Crippen LogP) is -1.63. The van der Waals surface area contributed by atoms with Crippen LogP contribution < -0.4 is 0 Å². The van der Waals surface area contributed by atoms with Crippen molar-refractivity contribution in [2.45, 2.75) is 50.5 Å². The van der Waals surface area contributed by atoms with Gasteiger partial charge in [-0.05, 0) is 13.8 Å². The Labute approximate surface area is 116 Å². The summed E-state index contributed by atoms with van der Waals surface area (Å²) in [5.74, 6) is 0. The third kappa shape index (κ3) is 3.76. The molecule has 0 aromatic heterocycles. The van der Waals surface area contributed by atoms with E-state index >= 15 is 0 Å². The molecule has 0 bridgehead atoms. The van der Waals surface area contributed by atoms with Gasteiger partial charge in [-0.1, -0.05) is 0 Å². The van der Waals surface area contributed by atoms with Gasteiger partial charge in [0.25, 0.3) is 0 Å². The van der Waals surface area contributed by atoms with Gasteiger partial charge in [0.05, 0.1) is 13.2 Å². The summed E-state index contributed by atoms with van der Waals surface area (Å²) >= 11 is 0. The van der Waals surface area contributed by atoms with E-state index in [4.69, 9.17) is 13.6 Å². The zero-order valence-electron chi connectivity index (χ0n) is 11.2. The molecule has 1 saturated carbocycles. The van der Waals surface area contributed by atoms with E-state index in [1.54, 1.807) is 0 Å².